The molecule has 0 bridgehead atoms. The number of hydrogen-bond acceptors (Lipinski definition) is 0. The van der Waals surface area contributed by atoms with Crippen LogP contribution in [0.1, 0.15) is 64.9 Å². The van der Waals surface area contributed by atoms with Gasteiger partial charge in [0.2, 0.25) is 0 Å². The maximum absolute atomic E-state index is 7.67. The van der Waals surface area contributed by atoms with Gasteiger partial charge in [0, 0.05) is 0 Å². The van der Waals surface area contributed by atoms with Gasteiger partial charge in [-0.05, 0) is 0 Å². The van der Waals surface area contributed by atoms with Gasteiger partial charge in [-0.3, -0.25) is 0 Å². The quantitative estimate of drug-likeness (QED) is 0.363. The molecule has 0 heterocycles. The molecule has 0 saturated carbocycles. The van der Waals surface area contributed by atoms with Crippen LogP contribution >= 0.6 is 17.0 Å². The van der Waals surface area contributed by atoms with E-state index in [4.69, 9.17) is 17.0 Å². The van der Waals surface area contributed by atoms with E-state index in [1.54, 1.807) is 0 Å². The van der Waals surface area contributed by atoms with Crippen molar-refractivity contribution in [2.24, 2.45) is 0 Å². The van der Waals surface area contributed by atoms with Crippen molar-refractivity contribution in [3.8, 4) is 0 Å². The van der Waals surface area contributed by atoms with E-state index in [1.165, 1.54) is 22.3 Å². The van der Waals surface area contributed by atoms with Crippen LogP contribution in [0.5, 0.6) is 0 Å². The molecule has 3 unspecified atom stereocenters. The van der Waals surface area contributed by atoms with Gasteiger partial charge in [0.15, 0.2) is 0 Å². The van der Waals surface area contributed by atoms with E-state index in [9.17, 15) is 0 Å². The van der Waals surface area contributed by atoms with Crippen molar-refractivity contribution in [2.45, 2.75) is 50.4 Å². The fourth-order valence-corrected chi connectivity index (χ4v) is 21.8. The van der Waals surface area contributed by atoms with E-state index in [-0.39, 0.29) is 3.63 Å². The fraction of sp³-hybridized carbons (Fsp3) is 0.360. The molecule has 0 aliphatic heterocycles. The Kier molecular flexibility index (Phi) is 5.83. The van der Waals surface area contributed by atoms with Gasteiger partial charge in [-0.1, -0.05) is 0 Å². The number of rotatable bonds is 7. The molecule has 0 spiro atoms. The van der Waals surface area contributed by atoms with Crippen LogP contribution in [0, 0.1) is 0 Å². The maximum atomic E-state index is 7.67. The molecule has 2 aromatic carbocycles. The first kappa shape index (κ1) is 20.6. The number of fused-ring (bicyclic) bond motifs is 2. The number of hydrogen-bond donors (Lipinski definition) is 0. The van der Waals surface area contributed by atoms with E-state index in [0.717, 1.165) is 23.4 Å². The van der Waals surface area contributed by atoms with Gasteiger partial charge in [-0.25, -0.2) is 0 Å². The van der Waals surface area contributed by atoms with E-state index >= 15 is 0 Å². The van der Waals surface area contributed by atoms with Crippen LogP contribution in [-0.4, -0.2) is 0 Å². The molecule has 0 aromatic heterocycles. The second-order valence-corrected chi connectivity index (χ2v) is 32.1. The predicted octanol–water partition coefficient (Wildman–Crippen LogP) is 8.98. The van der Waals surface area contributed by atoms with Gasteiger partial charge in [0.1, 0.15) is 0 Å². The van der Waals surface area contributed by atoms with Crippen molar-refractivity contribution >= 4 is 29.2 Å². The Bertz CT molecular complexity index is 928. The van der Waals surface area contributed by atoms with Crippen molar-refractivity contribution in [2.75, 3.05) is 0 Å². The van der Waals surface area contributed by atoms with Gasteiger partial charge < -0.3 is 0 Å². The second kappa shape index (κ2) is 7.90. The topological polar surface area (TPSA) is 0 Å². The van der Waals surface area contributed by atoms with Gasteiger partial charge >= 0.3 is 179 Å². The van der Waals surface area contributed by atoms with Crippen molar-refractivity contribution < 1.29 is 16.4 Å². The Morgan fingerprint density at radius 2 is 1.46 bits per heavy atom. The molecule has 4 rings (SSSR count). The SMILES string of the molecule is CC[CH](CCC1C=Cc2ccccc21)[Zr]([Cl])([Cl])([CH2]C)[CH]1C=Cc2ccccc21. The van der Waals surface area contributed by atoms with E-state index < -0.39 is 16.4 Å². The molecule has 0 radical (unpaired) electrons. The standard InChI is InChI=1S/C14H17.C9H7.C2H5.2ClH.Zr/c1-2-3-4-7-12-10-11-13-8-5-6-9-14(12)13;1-2-5-9-7-3-6-8(9)4-1;1-2;;;/h3,5-6,8-12H,2,4,7H2,1H3;1-7H;1H2,2H3;2*1H;/q;;;;;+2/p-2. The van der Waals surface area contributed by atoms with E-state index in [1.807, 2.05) is 0 Å². The Hall–Kier alpha value is -0.617. The third kappa shape index (κ3) is 3.42. The summed E-state index contributed by atoms with van der Waals surface area (Å²) in [6, 6.07) is 17.4. The Morgan fingerprint density at radius 3 is 2.14 bits per heavy atom. The van der Waals surface area contributed by atoms with E-state index in [0.29, 0.717) is 9.54 Å². The number of halogens is 2. The average molecular weight is 492 g/mol. The van der Waals surface area contributed by atoms with Crippen molar-refractivity contribution in [1.82, 2.24) is 0 Å². The van der Waals surface area contributed by atoms with Gasteiger partial charge in [0.25, 0.3) is 0 Å². The molecule has 2 aliphatic carbocycles. The van der Waals surface area contributed by atoms with Crippen molar-refractivity contribution in [1.29, 1.82) is 0 Å². The third-order valence-electron chi connectivity index (χ3n) is 7.16. The molecule has 0 N–H and O–H groups in total. The first-order valence-electron chi connectivity index (χ1n) is 10.6. The molecular formula is C25H29Cl2Zr. The normalized spacial score (nSPS) is 22.5. The van der Waals surface area contributed by atoms with Crippen LogP contribution in [0.25, 0.3) is 12.2 Å². The first-order valence-corrected chi connectivity index (χ1v) is 21.5. The van der Waals surface area contributed by atoms with Gasteiger partial charge in [-0.2, -0.15) is 0 Å². The van der Waals surface area contributed by atoms with Crippen LogP contribution in [0.2, 0.25) is 7.75 Å². The summed E-state index contributed by atoms with van der Waals surface area (Å²) in [6.45, 7) is 4.51. The zero-order chi connectivity index (χ0) is 19.8. The zero-order valence-corrected chi connectivity index (χ0v) is 20.7. The molecule has 2 aliphatic rings. The van der Waals surface area contributed by atoms with Crippen molar-refractivity contribution in [3.63, 3.8) is 0 Å². The Morgan fingerprint density at radius 1 is 0.857 bits per heavy atom. The summed E-state index contributed by atoms with van der Waals surface area (Å²) in [5.74, 6) is 0.501. The Labute approximate surface area is 177 Å². The summed E-state index contributed by atoms with van der Waals surface area (Å²) in [4.78, 5) is 0. The zero-order valence-electron chi connectivity index (χ0n) is 16.7. The monoisotopic (exact) mass is 489 g/mol. The van der Waals surface area contributed by atoms with Gasteiger partial charge in [0.05, 0.1) is 0 Å². The first-order chi connectivity index (χ1) is 13.5. The molecule has 3 atom stereocenters. The van der Waals surface area contributed by atoms with Crippen molar-refractivity contribution in [3.05, 3.63) is 82.9 Å². The van der Waals surface area contributed by atoms with E-state index in [2.05, 4.69) is 86.7 Å². The average Bonchev–Trinajstić information content (AvgIpc) is 3.33. The molecule has 28 heavy (non-hydrogen) atoms. The van der Waals surface area contributed by atoms with Crippen LogP contribution in [0.15, 0.2) is 60.7 Å². The summed E-state index contributed by atoms with van der Waals surface area (Å²) >= 11 is -4.08. The molecule has 147 valence electrons. The van der Waals surface area contributed by atoms with Crippen LogP contribution in [0.3, 0.4) is 0 Å². The minimum absolute atomic E-state index is 0.238. The van der Waals surface area contributed by atoms with Gasteiger partial charge in [-0.15, -0.1) is 0 Å². The summed E-state index contributed by atoms with van der Waals surface area (Å²) in [5, 5.41) is 0. The summed E-state index contributed by atoms with van der Waals surface area (Å²) < 4.78 is 1.60. The fourth-order valence-electron chi connectivity index (χ4n) is 5.40. The summed E-state index contributed by atoms with van der Waals surface area (Å²) in [6.07, 6.45) is 12.5. The number of allylic oxidation sites excluding steroid dienone is 2. The second-order valence-electron chi connectivity index (χ2n) is 8.45. The molecular weight excluding hydrogens is 462 g/mol. The molecule has 0 amide bonds. The third-order valence-corrected chi connectivity index (χ3v) is 30.2. The van der Waals surface area contributed by atoms with Crippen LogP contribution < -0.4 is 0 Å². The minimum atomic E-state index is -4.08. The summed E-state index contributed by atoms with van der Waals surface area (Å²) in [7, 11) is 15.3. The Balaban J connectivity index is 1.59. The number of benzene rings is 2. The van der Waals surface area contributed by atoms with Crippen LogP contribution in [0.4, 0.5) is 0 Å². The predicted molar refractivity (Wildman–Crippen MR) is 122 cm³/mol. The van der Waals surface area contributed by atoms with Crippen LogP contribution in [-0.2, 0) is 16.4 Å². The molecule has 3 heteroatoms. The molecule has 0 saturated heterocycles. The molecule has 0 nitrogen and oxygen atoms in total. The summed E-state index contributed by atoms with van der Waals surface area (Å²) in [5.41, 5.74) is 5.47. The molecule has 0 fully saturated rings. The molecule has 2 aromatic rings.